The zero-order valence-corrected chi connectivity index (χ0v) is 13.6. The number of carbonyl (C=O) groups is 1. The predicted molar refractivity (Wildman–Crippen MR) is 85.8 cm³/mol. The summed E-state index contributed by atoms with van der Waals surface area (Å²) in [6.45, 7) is 4.54. The Morgan fingerprint density at radius 1 is 1.20 bits per heavy atom. The summed E-state index contributed by atoms with van der Waals surface area (Å²) >= 11 is 3.46. The highest BCUT2D eigenvalue weighted by Crippen LogP contribution is 2.41. The Balaban J connectivity index is 2.09. The van der Waals surface area contributed by atoms with Crippen molar-refractivity contribution in [1.82, 2.24) is 10.6 Å². The monoisotopic (exact) mass is 338 g/mol. The molecule has 0 bridgehead atoms. The van der Waals surface area contributed by atoms with E-state index in [1.807, 2.05) is 12.1 Å². The summed E-state index contributed by atoms with van der Waals surface area (Å²) in [5.41, 5.74) is 0.839. The van der Waals surface area contributed by atoms with Gasteiger partial charge >= 0.3 is 0 Å². The molecule has 1 aliphatic carbocycles. The van der Waals surface area contributed by atoms with Crippen LogP contribution in [0.5, 0.6) is 0 Å². The van der Waals surface area contributed by atoms with Crippen LogP contribution in [0.3, 0.4) is 0 Å². The molecule has 4 heteroatoms. The van der Waals surface area contributed by atoms with E-state index in [0.717, 1.165) is 48.8 Å². The molecule has 1 aromatic rings. The second-order valence-electron chi connectivity index (χ2n) is 5.41. The van der Waals surface area contributed by atoms with Gasteiger partial charge in [-0.15, -0.1) is 0 Å². The highest BCUT2D eigenvalue weighted by atomic mass is 79.9. The summed E-state index contributed by atoms with van der Waals surface area (Å²) < 4.78 is 1.06. The van der Waals surface area contributed by atoms with Crippen LogP contribution in [0, 0.1) is 0 Å². The molecular formula is C16H23BrN2O. The highest BCUT2D eigenvalue weighted by molar-refractivity contribution is 9.10. The van der Waals surface area contributed by atoms with E-state index >= 15 is 0 Å². The summed E-state index contributed by atoms with van der Waals surface area (Å²) in [7, 11) is 0. The first-order valence-electron chi connectivity index (χ1n) is 7.44. The number of likely N-dealkylation sites (N-methyl/N-ethyl adjacent to an activating group) is 1. The van der Waals surface area contributed by atoms with Crippen LogP contribution in [0.4, 0.5) is 0 Å². The van der Waals surface area contributed by atoms with Crippen molar-refractivity contribution in [2.45, 2.75) is 38.0 Å². The van der Waals surface area contributed by atoms with Crippen molar-refractivity contribution in [1.29, 1.82) is 0 Å². The number of benzene rings is 1. The quantitative estimate of drug-likeness (QED) is 0.783. The summed E-state index contributed by atoms with van der Waals surface area (Å²) in [5.74, 6) is 0.190. The number of nitrogens with one attached hydrogen (secondary N) is 2. The van der Waals surface area contributed by atoms with E-state index in [4.69, 9.17) is 0 Å². The van der Waals surface area contributed by atoms with Crippen molar-refractivity contribution in [3.05, 3.63) is 34.3 Å². The molecular weight excluding hydrogens is 316 g/mol. The lowest BCUT2D eigenvalue weighted by molar-refractivity contribution is -0.126. The Morgan fingerprint density at radius 2 is 1.85 bits per heavy atom. The first kappa shape index (κ1) is 15.5. The lowest BCUT2D eigenvalue weighted by atomic mass is 9.78. The first-order valence-corrected chi connectivity index (χ1v) is 8.23. The number of halogens is 1. The van der Waals surface area contributed by atoms with Gasteiger partial charge in [0.15, 0.2) is 0 Å². The molecule has 20 heavy (non-hydrogen) atoms. The van der Waals surface area contributed by atoms with Crippen LogP contribution in [-0.4, -0.2) is 25.5 Å². The van der Waals surface area contributed by atoms with Gasteiger partial charge in [-0.3, -0.25) is 4.79 Å². The molecule has 0 atom stereocenters. The second kappa shape index (κ2) is 7.23. The molecule has 1 saturated carbocycles. The van der Waals surface area contributed by atoms with Gasteiger partial charge in [0, 0.05) is 17.6 Å². The maximum absolute atomic E-state index is 12.7. The Bertz CT molecular complexity index is 438. The van der Waals surface area contributed by atoms with Crippen LogP contribution < -0.4 is 10.6 Å². The molecule has 0 radical (unpaired) electrons. The van der Waals surface area contributed by atoms with E-state index < -0.39 is 0 Å². The maximum atomic E-state index is 12.7. The third kappa shape index (κ3) is 3.41. The second-order valence-corrected chi connectivity index (χ2v) is 6.32. The van der Waals surface area contributed by atoms with Crippen LogP contribution in [0.25, 0.3) is 0 Å². The third-order valence-corrected chi connectivity index (χ3v) is 4.65. The Kier molecular flexibility index (Phi) is 5.61. The zero-order chi connectivity index (χ0) is 14.4. The van der Waals surface area contributed by atoms with Crippen molar-refractivity contribution in [3.63, 3.8) is 0 Å². The van der Waals surface area contributed by atoms with Gasteiger partial charge in [0.25, 0.3) is 0 Å². The lowest BCUT2D eigenvalue weighted by Crippen LogP contribution is -2.44. The minimum absolute atomic E-state index is 0.190. The van der Waals surface area contributed by atoms with Gasteiger partial charge in [0.1, 0.15) is 0 Å². The molecule has 2 N–H and O–H groups in total. The van der Waals surface area contributed by atoms with E-state index in [-0.39, 0.29) is 11.3 Å². The van der Waals surface area contributed by atoms with E-state index in [1.165, 1.54) is 0 Å². The Labute approximate surface area is 129 Å². The molecule has 0 heterocycles. The normalized spacial score (nSPS) is 17.1. The van der Waals surface area contributed by atoms with Gasteiger partial charge in [-0.05, 0) is 37.1 Å². The van der Waals surface area contributed by atoms with Gasteiger partial charge in [-0.2, -0.15) is 0 Å². The minimum Gasteiger partial charge on any atom is -0.354 e. The number of hydrogen-bond donors (Lipinski definition) is 2. The molecule has 0 unspecified atom stereocenters. The molecule has 1 fully saturated rings. The number of carbonyl (C=O) groups excluding carboxylic acids is 1. The molecule has 3 nitrogen and oxygen atoms in total. The van der Waals surface area contributed by atoms with Gasteiger partial charge in [0.2, 0.25) is 5.91 Å². The summed E-state index contributed by atoms with van der Waals surface area (Å²) in [4.78, 5) is 12.7. The molecule has 2 rings (SSSR count). The van der Waals surface area contributed by atoms with Crippen LogP contribution in [0.2, 0.25) is 0 Å². The fraction of sp³-hybridized carbons (Fsp3) is 0.562. The van der Waals surface area contributed by atoms with Crippen LogP contribution >= 0.6 is 15.9 Å². The summed E-state index contributed by atoms with van der Waals surface area (Å²) in [5, 5.41) is 6.33. The number of rotatable bonds is 6. The molecule has 0 aromatic heterocycles. The highest BCUT2D eigenvalue weighted by Gasteiger charge is 2.42. The van der Waals surface area contributed by atoms with E-state index in [1.54, 1.807) is 0 Å². The SMILES string of the molecule is CCNCCNC(=O)C1(c2ccc(Br)cc2)CCCC1. The molecule has 0 aliphatic heterocycles. The average molecular weight is 339 g/mol. The fourth-order valence-electron chi connectivity index (χ4n) is 3.00. The topological polar surface area (TPSA) is 41.1 Å². The van der Waals surface area contributed by atoms with Gasteiger partial charge in [-0.25, -0.2) is 0 Å². The standard InChI is InChI=1S/C16H23BrN2O/c1-2-18-11-12-19-15(20)16(9-3-4-10-16)13-5-7-14(17)8-6-13/h5-8,18H,2-4,9-12H2,1H3,(H,19,20). The van der Waals surface area contributed by atoms with Crippen molar-refractivity contribution in [2.24, 2.45) is 0 Å². The van der Waals surface area contributed by atoms with Crippen LogP contribution in [0.15, 0.2) is 28.7 Å². The van der Waals surface area contributed by atoms with Gasteiger partial charge in [0.05, 0.1) is 5.41 Å². The van der Waals surface area contributed by atoms with Gasteiger partial charge in [-0.1, -0.05) is 47.8 Å². The number of hydrogen-bond acceptors (Lipinski definition) is 2. The van der Waals surface area contributed by atoms with Crippen molar-refractivity contribution in [3.8, 4) is 0 Å². The molecule has 0 spiro atoms. The Morgan fingerprint density at radius 3 is 2.45 bits per heavy atom. The van der Waals surface area contributed by atoms with Crippen molar-refractivity contribution < 1.29 is 4.79 Å². The van der Waals surface area contributed by atoms with Gasteiger partial charge < -0.3 is 10.6 Å². The third-order valence-electron chi connectivity index (χ3n) is 4.13. The molecule has 1 aliphatic rings. The average Bonchev–Trinajstić information content (AvgIpc) is 2.95. The zero-order valence-electron chi connectivity index (χ0n) is 12.0. The molecule has 0 saturated heterocycles. The van der Waals surface area contributed by atoms with Crippen LogP contribution in [-0.2, 0) is 10.2 Å². The van der Waals surface area contributed by atoms with E-state index in [2.05, 4.69) is 45.6 Å². The summed E-state index contributed by atoms with van der Waals surface area (Å²) in [6.07, 6.45) is 4.19. The molecule has 110 valence electrons. The van der Waals surface area contributed by atoms with Crippen molar-refractivity contribution in [2.75, 3.05) is 19.6 Å². The molecule has 1 aromatic carbocycles. The smallest absolute Gasteiger partial charge is 0.230 e. The molecule has 1 amide bonds. The maximum Gasteiger partial charge on any atom is 0.230 e. The first-order chi connectivity index (χ1) is 9.69. The van der Waals surface area contributed by atoms with Crippen LogP contribution in [0.1, 0.15) is 38.2 Å². The van der Waals surface area contributed by atoms with E-state index in [9.17, 15) is 4.79 Å². The Hall–Kier alpha value is -0.870. The lowest BCUT2D eigenvalue weighted by Gasteiger charge is -2.28. The minimum atomic E-state index is -0.313. The summed E-state index contributed by atoms with van der Waals surface area (Å²) in [6, 6.07) is 8.22. The fourth-order valence-corrected chi connectivity index (χ4v) is 3.27. The largest absolute Gasteiger partial charge is 0.354 e. The number of amides is 1. The van der Waals surface area contributed by atoms with Crippen molar-refractivity contribution >= 4 is 21.8 Å². The van der Waals surface area contributed by atoms with E-state index in [0.29, 0.717) is 6.54 Å². The predicted octanol–water partition coefficient (Wildman–Crippen LogP) is 2.99.